The lowest BCUT2D eigenvalue weighted by molar-refractivity contribution is 0.127. The summed E-state index contributed by atoms with van der Waals surface area (Å²) in [7, 11) is -1.41. The van der Waals surface area contributed by atoms with Gasteiger partial charge in [-0.25, -0.2) is 0 Å². The molecule has 3 heteroatoms. The first-order chi connectivity index (χ1) is 5.91. The molecule has 2 nitrogen and oxygen atoms in total. The summed E-state index contributed by atoms with van der Waals surface area (Å²) in [5, 5.41) is 0. The van der Waals surface area contributed by atoms with Crippen LogP contribution < -0.4 is 0 Å². The van der Waals surface area contributed by atoms with E-state index in [2.05, 4.69) is 41.5 Å². The smallest absolute Gasteiger partial charge is 0.322 e. The van der Waals surface area contributed by atoms with Crippen LogP contribution in [0, 0.1) is 5.92 Å². The van der Waals surface area contributed by atoms with Crippen LogP contribution in [0.1, 0.15) is 41.5 Å². The molecule has 0 bridgehead atoms. The highest BCUT2D eigenvalue weighted by Crippen LogP contribution is 2.11. The van der Waals surface area contributed by atoms with E-state index in [-0.39, 0.29) is 0 Å². The SMILES string of the molecule is CC(C)C[SiH](OC(C)C)OC(C)C. The Labute approximate surface area is 84.5 Å². The number of rotatable bonds is 6. The van der Waals surface area contributed by atoms with E-state index in [0.29, 0.717) is 18.1 Å². The molecule has 0 aromatic heterocycles. The van der Waals surface area contributed by atoms with Gasteiger partial charge in [0, 0.05) is 12.2 Å². The van der Waals surface area contributed by atoms with Crippen molar-refractivity contribution in [3.63, 3.8) is 0 Å². The number of hydrogen-bond donors (Lipinski definition) is 0. The molecule has 0 radical (unpaired) electrons. The first-order valence-electron chi connectivity index (χ1n) is 5.22. The van der Waals surface area contributed by atoms with Crippen LogP contribution in [0.4, 0.5) is 0 Å². The normalized spacial score (nSPS) is 12.5. The minimum atomic E-state index is -1.41. The molecule has 13 heavy (non-hydrogen) atoms. The monoisotopic (exact) mass is 204 g/mol. The van der Waals surface area contributed by atoms with Gasteiger partial charge in [-0.3, -0.25) is 0 Å². The minimum absolute atomic E-state index is 0.300. The van der Waals surface area contributed by atoms with Gasteiger partial charge in [0.05, 0.1) is 0 Å². The van der Waals surface area contributed by atoms with Crippen molar-refractivity contribution in [2.75, 3.05) is 0 Å². The van der Waals surface area contributed by atoms with Crippen molar-refractivity contribution in [2.45, 2.75) is 59.8 Å². The Hall–Kier alpha value is 0.137. The van der Waals surface area contributed by atoms with Gasteiger partial charge in [-0.2, -0.15) is 0 Å². The zero-order valence-corrected chi connectivity index (χ0v) is 11.0. The summed E-state index contributed by atoms with van der Waals surface area (Å²) in [4.78, 5) is 0. The van der Waals surface area contributed by atoms with Crippen molar-refractivity contribution in [2.24, 2.45) is 5.92 Å². The van der Waals surface area contributed by atoms with E-state index in [1.165, 1.54) is 0 Å². The van der Waals surface area contributed by atoms with Crippen molar-refractivity contribution < 1.29 is 8.85 Å². The average molecular weight is 204 g/mol. The molecule has 0 spiro atoms. The zero-order chi connectivity index (χ0) is 10.4. The summed E-state index contributed by atoms with van der Waals surface area (Å²) in [6.07, 6.45) is 0.600. The second-order valence-electron chi connectivity index (χ2n) is 4.43. The Bertz CT molecular complexity index is 100. The molecule has 0 aliphatic rings. The fourth-order valence-electron chi connectivity index (χ4n) is 1.14. The molecule has 0 atom stereocenters. The lowest BCUT2D eigenvalue weighted by Crippen LogP contribution is -2.30. The molecular formula is C10H24O2Si. The first-order valence-corrected chi connectivity index (χ1v) is 6.98. The van der Waals surface area contributed by atoms with E-state index in [1.54, 1.807) is 0 Å². The minimum Gasteiger partial charge on any atom is -0.394 e. The van der Waals surface area contributed by atoms with Crippen LogP contribution in [0.3, 0.4) is 0 Å². The lowest BCUT2D eigenvalue weighted by Gasteiger charge is -2.22. The van der Waals surface area contributed by atoms with Gasteiger partial charge in [-0.05, 0) is 39.7 Å². The van der Waals surface area contributed by atoms with E-state index >= 15 is 0 Å². The standard InChI is InChI=1S/C10H24O2Si/c1-8(2)7-13(11-9(3)4)12-10(5)6/h8-10,13H,7H2,1-6H3. The third kappa shape index (κ3) is 8.47. The van der Waals surface area contributed by atoms with Crippen LogP contribution in [0.15, 0.2) is 0 Å². The van der Waals surface area contributed by atoms with E-state index < -0.39 is 9.28 Å². The van der Waals surface area contributed by atoms with Crippen LogP contribution in [0.5, 0.6) is 0 Å². The van der Waals surface area contributed by atoms with Crippen molar-refractivity contribution in [3.05, 3.63) is 0 Å². The molecule has 0 rings (SSSR count). The third-order valence-electron chi connectivity index (χ3n) is 1.51. The molecule has 0 unspecified atom stereocenters. The fraction of sp³-hybridized carbons (Fsp3) is 1.00. The van der Waals surface area contributed by atoms with Gasteiger partial charge in [0.2, 0.25) is 0 Å². The van der Waals surface area contributed by atoms with Crippen LogP contribution >= 0.6 is 0 Å². The highest BCUT2D eigenvalue weighted by atomic mass is 28.3. The first kappa shape index (κ1) is 13.1. The van der Waals surface area contributed by atoms with Crippen LogP contribution in [0.25, 0.3) is 0 Å². The molecule has 0 aliphatic carbocycles. The molecule has 0 N–H and O–H groups in total. The Balaban J connectivity index is 3.87. The fourth-order valence-corrected chi connectivity index (χ4v) is 3.41. The van der Waals surface area contributed by atoms with Gasteiger partial charge in [0.1, 0.15) is 0 Å². The summed E-state index contributed by atoms with van der Waals surface area (Å²) >= 11 is 0. The molecule has 0 heterocycles. The summed E-state index contributed by atoms with van der Waals surface area (Å²) < 4.78 is 11.6. The highest BCUT2D eigenvalue weighted by molar-refractivity contribution is 6.44. The summed E-state index contributed by atoms with van der Waals surface area (Å²) in [6, 6.07) is 1.11. The topological polar surface area (TPSA) is 18.5 Å². The second kappa shape index (κ2) is 6.57. The Morgan fingerprint density at radius 1 is 0.846 bits per heavy atom. The Kier molecular flexibility index (Phi) is 6.64. The maximum absolute atomic E-state index is 5.79. The third-order valence-corrected chi connectivity index (χ3v) is 4.54. The van der Waals surface area contributed by atoms with Crippen LogP contribution in [0.2, 0.25) is 6.04 Å². The summed E-state index contributed by atoms with van der Waals surface area (Å²) in [6.45, 7) is 12.7. The van der Waals surface area contributed by atoms with E-state index in [1.807, 2.05) is 0 Å². The van der Waals surface area contributed by atoms with Gasteiger partial charge in [0.25, 0.3) is 0 Å². The molecule has 0 aromatic rings. The molecule has 0 aliphatic heterocycles. The summed E-state index contributed by atoms with van der Waals surface area (Å²) in [5.41, 5.74) is 0. The van der Waals surface area contributed by atoms with Gasteiger partial charge in [0.15, 0.2) is 0 Å². The lowest BCUT2D eigenvalue weighted by atomic mass is 10.3. The van der Waals surface area contributed by atoms with Gasteiger partial charge >= 0.3 is 9.28 Å². The van der Waals surface area contributed by atoms with Gasteiger partial charge in [-0.15, -0.1) is 0 Å². The molecule has 0 saturated carbocycles. The highest BCUT2D eigenvalue weighted by Gasteiger charge is 2.18. The largest absolute Gasteiger partial charge is 0.394 e. The Morgan fingerprint density at radius 3 is 1.46 bits per heavy atom. The molecule has 0 amide bonds. The quantitative estimate of drug-likeness (QED) is 0.619. The van der Waals surface area contributed by atoms with Crippen molar-refractivity contribution in [1.82, 2.24) is 0 Å². The maximum Gasteiger partial charge on any atom is 0.322 e. The predicted molar refractivity (Wildman–Crippen MR) is 59.2 cm³/mol. The van der Waals surface area contributed by atoms with Gasteiger partial charge in [-0.1, -0.05) is 13.8 Å². The second-order valence-corrected chi connectivity index (χ2v) is 6.30. The van der Waals surface area contributed by atoms with E-state index in [4.69, 9.17) is 8.85 Å². The van der Waals surface area contributed by atoms with Crippen LogP contribution in [-0.4, -0.2) is 21.5 Å². The van der Waals surface area contributed by atoms with Crippen LogP contribution in [-0.2, 0) is 8.85 Å². The Morgan fingerprint density at radius 2 is 1.23 bits per heavy atom. The average Bonchev–Trinajstić information content (AvgIpc) is 1.80. The van der Waals surface area contributed by atoms with Crippen molar-refractivity contribution in [1.29, 1.82) is 0 Å². The van der Waals surface area contributed by atoms with E-state index in [9.17, 15) is 0 Å². The molecule has 80 valence electrons. The van der Waals surface area contributed by atoms with E-state index in [0.717, 1.165) is 6.04 Å². The van der Waals surface area contributed by atoms with Crippen molar-refractivity contribution >= 4 is 9.28 Å². The molecule has 0 saturated heterocycles. The maximum atomic E-state index is 5.79. The summed E-state index contributed by atoms with van der Waals surface area (Å²) in [5.74, 6) is 0.675. The number of hydrogen-bond acceptors (Lipinski definition) is 2. The predicted octanol–water partition coefficient (Wildman–Crippen LogP) is 2.71. The molecule has 0 fully saturated rings. The van der Waals surface area contributed by atoms with Crippen molar-refractivity contribution in [3.8, 4) is 0 Å². The zero-order valence-electron chi connectivity index (χ0n) is 9.83. The molecule has 0 aromatic carbocycles. The molecular weight excluding hydrogens is 180 g/mol. The van der Waals surface area contributed by atoms with Gasteiger partial charge < -0.3 is 8.85 Å².